The van der Waals surface area contributed by atoms with Crippen LogP contribution < -0.4 is 0 Å². The maximum atomic E-state index is 10.4. The lowest BCUT2D eigenvalue weighted by Crippen LogP contribution is -1.87. The van der Waals surface area contributed by atoms with Crippen LogP contribution in [0.4, 0.5) is 0 Å². The summed E-state index contributed by atoms with van der Waals surface area (Å²) >= 11 is 6.70. The molecule has 1 N–H and O–H groups in total. The molecule has 0 saturated carbocycles. The molecule has 4 heteroatoms. The average molecular weight is 400 g/mol. The predicted molar refractivity (Wildman–Crippen MR) is 89.1 cm³/mol. The number of carbonyl (C=O) groups is 1. The van der Waals surface area contributed by atoms with Gasteiger partial charge < -0.3 is 5.11 Å². The van der Waals surface area contributed by atoms with E-state index in [0.29, 0.717) is 0 Å². The minimum atomic E-state index is 0.116. The van der Waals surface area contributed by atoms with Crippen LogP contribution in [0.1, 0.15) is 27.0 Å². The number of halogens is 2. The Balaban J connectivity index is 0.000000200. The number of hydrogen-bond acceptors (Lipinski definition) is 2. The first kappa shape index (κ1) is 17.1. The van der Waals surface area contributed by atoms with Gasteiger partial charge in [-0.05, 0) is 42.7 Å². The zero-order valence-electron chi connectivity index (χ0n) is 11.4. The second-order valence-electron chi connectivity index (χ2n) is 4.25. The van der Waals surface area contributed by atoms with Crippen LogP contribution >= 0.6 is 31.9 Å². The van der Waals surface area contributed by atoms with E-state index >= 15 is 0 Å². The van der Waals surface area contributed by atoms with Gasteiger partial charge in [-0.3, -0.25) is 4.79 Å². The van der Waals surface area contributed by atoms with E-state index in [-0.39, 0.29) is 6.61 Å². The second kappa shape index (κ2) is 8.35. The van der Waals surface area contributed by atoms with Crippen molar-refractivity contribution in [3.8, 4) is 0 Å². The molecule has 0 aliphatic carbocycles. The molecule has 2 nitrogen and oxygen atoms in total. The minimum Gasteiger partial charge on any atom is -0.392 e. The summed E-state index contributed by atoms with van der Waals surface area (Å²) in [6, 6.07) is 11.4. The van der Waals surface area contributed by atoms with Crippen LogP contribution in [0.5, 0.6) is 0 Å². The molecule has 0 atom stereocenters. The van der Waals surface area contributed by atoms with E-state index in [9.17, 15) is 4.79 Å². The summed E-state index contributed by atoms with van der Waals surface area (Å²) in [6.07, 6.45) is 0.861. The summed E-state index contributed by atoms with van der Waals surface area (Å²) in [7, 11) is 0. The summed E-state index contributed by atoms with van der Waals surface area (Å²) in [5.74, 6) is 0. The molecule has 0 aromatic heterocycles. The van der Waals surface area contributed by atoms with E-state index in [1.165, 1.54) is 0 Å². The van der Waals surface area contributed by atoms with Gasteiger partial charge in [-0.15, -0.1) is 0 Å². The lowest BCUT2D eigenvalue weighted by atomic mass is 10.1. The fourth-order valence-electron chi connectivity index (χ4n) is 1.58. The van der Waals surface area contributed by atoms with E-state index in [1.54, 1.807) is 6.07 Å². The fourth-order valence-corrected chi connectivity index (χ4v) is 2.36. The summed E-state index contributed by atoms with van der Waals surface area (Å²) in [6.45, 7) is 4.01. The van der Waals surface area contributed by atoms with Gasteiger partial charge in [0, 0.05) is 14.5 Å². The van der Waals surface area contributed by atoms with E-state index in [2.05, 4.69) is 31.9 Å². The highest BCUT2D eigenvalue weighted by Gasteiger charge is 1.98. The number of aldehydes is 1. The Morgan fingerprint density at radius 1 is 1.00 bits per heavy atom. The largest absolute Gasteiger partial charge is 0.392 e. The third-order valence-electron chi connectivity index (χ3n) is 2.99. The smallest absolute Gasteiger partial charge is 0.150 e. The van der Waals surface area contributed by atoms with Crippen molar-refractivity contribution < 1.29 is 9.90 Å². The first-order valence-electron chi connectivity index (χ1n) is 6.06. The normalized spacial score (nSPS) is 9.65. The average Bonchev–Trinajstić information content (AvgIpc) is 2.45. The van der Waals surface area contributed by atoms with E-state index in [4.69, 9.17) is 5.11 Å². The van der Waals surface area contributed by atoms with Crippen LogP contribution in [-0.2, 0) is 6.61 Å². The highest BCUT2D eigenvalue weighted by atomic mass is 79.9. The van der Waals surface area contributed by atoms with Crippen LogP contribution in [0, 0.1) is 13.8 Å². The van der Waals surface area contributed by atoms with Crippen molar-refractivity contribution in [2.24, 2.45) is 0 Å². The van der Waals surface area contributed by atoms with E-state index in [1.807, 2.05) is 44.2 Å². The van der Waals surface area contributed by atoms with Gasteiger partial charge in [-0.2, -0.15) is 0 Å². The Bertz CT molecular complexity index is 595. The summed E-state index contributed by atoms with van der Waals surface area (Å²) in [5.41, 5.74) is 3.84. The molecule has 0 aliphatic rings. The molecule has 0 radical (unpaired) electrons. The summed E-state index contributed by atoms with van der Waals surface area (Å²) < 4.78 is 2.04. The monoisotopic (exact) mass is 398 g/mol. The van der Waals surface area contributed by atoms with Gasteiger partial charge in [0.05, 0.1) is 6.61 Å². The summed E-state index contributed by atoms with van der Waals surface area (Å²) in [4.78, 5) is 10.4. The Labute approximate surface area is 136 Å². The minimum absolute atomic E-state index is 0.116. The maximum Gasteiger partial charge on any atom is 0.150 e. The van der Waals surface area contributed by atoms with Gasteiger partial charge >= 0.3 is 0 Å². The molecule has 0 aliphatic heterocycles. The number of benzene rings is 2. The molecule has 0 amide bonds. The Kier molecular flexibility index (Phi) is 7.13. The highest BCUT2D eigenvalue weighted by molar-refractivity contribution is 9.10. The number of hydrogen-bond donors (Lipinski definition) is 1. The molecular formula is C16H16Br2O2. The van der Waals surface area contributed by atoms with Crippen molar-refractivity contribution in [2.45, 2.75) is 20.5 Å². The number of aliphatic hydroxyl groups excluding tert-OH is 1. The third kappa shape index (κ3) is 4.54. The van der Waals surface area contributed by atoms with Gasteiger partial charge in [0.2, 0.25) is 0 Å². The zero-order valence-corrected chi connectivity index (χ0v) is 14.5. The zero-order chi connectivity index (χ0) is 15.1. The van der Waals surface area contributed by atoms with Gasteiger partial charge in [-0.1, -0.05) is 56.1 Å². The molecule has 0 unspecified atom stereocenters. The fraction of sp³-hybridized carbons (Fsp3) is 0.188. The second-order valence-corrected chi connectivity index (χ2v) is 5.96. The van der Waals surface area contributed by atoms with Crippen molar-refractivity contribution >= 4 is 38.1 Å². The first-order valence-corrected chi connectivity index (χ1v) is 7.65. The van der Waals surface area contributed by atoms with Crippen molar-refractivity contribution in [1.29, 1.82) is 0 Å². The Morgan fingerprint density at radius 2 is 1.55 bits per heavy atom. The topological polar surface area (TPSA) is 37.3 Å². The van der Waals surface area contributed by atoms with Crippen LogP contribution in [0.2, 0.25) is 0 Å². The molecule has 2 aromatic carbocycles. The van der Waals surface area contributed by atoms with E-state index in [0.717, 1.165) is 37.5 Å². The predicted octanol–water partition coefficient (Wildman–Crippen LogP) is 4.82. The number of aliphatic hydroxyl groups is 1. The van der Waals surface area contributed by atoms with Gasteiger partial charge in [0.25, 0.3) is 0 Å². The number of carbonyl (C=O) groups excluding carboxylic acids is 1. The van der Waals surface area contributed by atoms with Crippen LogP contribution in [0.3, 0.4) is 0 Å². The van der Waals surface area contributed by atoms with Crippen LogP contribution in [-0.4, -0.2) is 11.4 Å². The molecule has 0 heterocycles. The maximum absolute atomic E-state index is 10.4. The van der Waals surface area contributed by atoms with Crippen molar-refractivity contribution in [3.63, 3.8) is 0 Å². The van der Waals surface area contributed by atoms with E-state index < -0.39 is 0 Å². The molecular weight excluding hydrogens is 384 g/mol. The molecule has 2 aromatic rings. The SMILES string of the molecule is Cc1c(Br)cccc1C=O.Cc1c(Br)cccc1CO. The Hall–Kier alpha value is -0.970. The standard InChI is InChI=1S/C8H9BrO.C8H7BrO/c2*1-6-7(5-10)3-2-4-8(6)9/h2-4,10H,5H2,1H3;2-5H,1H3. The lowest BCUT2D eigenvalue weighted by Gasteiger charge is -2.02. The lowest BCUT2D eigenvalue weighted by molar-refractivity contribution is 0.112. The van der Waals surface area contributed by atoms with Crippen LogP contribution in [0.25, 0.3) is 0 Å². The molecule has 106 valence electrons. The third-order valence-corrected chi connectivity index (χ3v) is 4.70. The van der Waals surface area contributed by atoms with Gasteiger partial charge in [-0.25, -0.2) is 0 Å². The Morgan fingerprint density at radius 3 is 2.00 bits per heavy atom. The van der Waals surface area contributed by atoms with Crippen LogP contribution in [0.15, 0.2) is 45.3 Å². The summed E-state index contributed by atoms with van der Waals surface area (Å²) in [5, 5.41) is 8.82. The molecule has 0 bridgehead atoms. The number of rotatable bonds is 2. The highest BCUT2D eigenvalue weighted by Crippen LogP contribution is 2.19. The molecule has 0 fully saturated rings. The van der Waals surface area contributed by atoms with Crippen molar-refractivity contribution in [2.75, 3.05) is 0 Å². The molecule has 20 heavy (non-hydrogen) atoms. The first-order chi connectivity index (χ1) is 9.51. The molecule has 0 spiro atoms. The molecule has 0 saturated heterocycles. The van der Waals surface area contributed by atoms with Crippen molar-refractivity contribution in [3.05, 3.63) is 67.6 Å². The van der Waals surface area contributed by atoms with Gasteiger partial charge in [0.1, 0.15) is 6.29 Å². The van der Waals surface area contributed by atoms with Crippen molar-refractivity contribution in [1.82, 2.24) is 0 Å². The molecule has 2 rings (SSSR count). The van der Waals surface area contributed by atoms with Gasteiger partial charge in [0.15, 0.2) is 0 Å². The quantitative estimate of drug-likeness (QED) is 0.735.